The SMILES string of the molecule is CC(c1cccc(Br)c1)N1CCOC(CN(C)CC(=O)O)C1. The number of carboxylic acids is 1. The Hall–Kier alpha value is -0.950. The standard InChI is InChI=1S/C16H23BrN2O3/c1-12(13-4-3-5-14(17)8-13)19-6-7-22-15(10-19)9-18(2)11-16(20)21/h3-5,8,12,15H,6-7,9-11H2,1-2H3,(H,20,21). The Morgan fingerprint density at radius 2 is 2.36 bits per heavy atom. The van der Waals surface area contributed by atoms with Crippen LogP contribution in [0.1, 0.15) is 18.5 Å². The first-order valence-corrected chi connectivity index (χ1v) is 8.26. The van der Waals surface area contributed by atoms with Crippen molar-refractivity contribution in [3.63, 3.8) is 0 Å². The average molecular weight is 371 g/mol. The van der Waals surface area contributed by atoms with Crippen LogP contribution >= 0.6 is 15.9 Å². The summed E-state index contributed by atoms with van der Waals surface area (Å²) in [5.74, 6) is -0.808. The van der Waals surface area contributed by atoms with E-state index in [9.17, 15) is 4.79 Å². The number of nitrogens with zero attached hydrogens (tertiary/aromatic N) is 2. The maximum absolute atomic E-state index is 10.7. The summed E-state index contributed by atoms with van der Waals surface area (Å²) in [6.45, 7) is 5.27. The van der Waals surface area contributed by atoms with E-state index in [1.807, 2.05) is 13.1 Å². The third-order valence-electron chi connectivity index (χ3n) is 3.97. The van der Waals surface area contributed by atoms with Gasteiger partial charge < -0.3 is 9.84 Å². The number of halogens is 1. The van der Waals surface area contributed by atoms with E-state index in [4.69, 9.17) is 9.84 Å². The second kappa shape index (κ2) is 8.06. The molecule has 0 bridgehead atoms. The van der Waals surface area contributed by atoms with Gasteiger partial charge in [0.2, 0.25) is 0 Å². The van der Waals surface area contributed by atoms with Crippen molar-refractivity contribution < 1.29 is 14.6 Å². The summed E-state index contributed by atoms with van der Waals surface area (Å²) in [6, 6.07) is 8.67. The average Bonchev–Trinajstić information content (AvgIpc) is 2.45. The van der Waals surface area contributed by atoms with Crippen molar-refractivity contribution in [3.05, 3.63) is 34.3 Å². The zero-order valence-corrected chi connectivity index (χ0v) is 14.6. The molecule has 2 unspecified atom stereocenters. The molecule has 0 aliphatic carbocycles. The molecule has 5 nitrogen and oxygen atoms in total. The highest BCUT2D eigenvalue weighted by Gasteiger charge is 2.26. The van der Waals surface area contributed by atoms with Crippen LogP contribution in [0.3, 0.4) is 0 Å². The van der Waals surface area contributed by atoms with E-state index in [-0.39, 0.29) is 12.6 Å². The molecule has 0 saturated carbocycles. The van der Waals surface area contributed by atoms with Crippen molar-refractivity contribution >= 4 is 21.9 Å². The van der Waals surface area contributed by atoms with Gasteiger partial charge in [0, 0.05) is 30.1 Å². The van der Waals surface area contributed by atoms with Gasteiger partial charge in [-0.1, -0.05) is 28.1 Å². The summed E-state index contributed by atoms with van der Waals surface area (Å²) < 4.78 is 6.87. The number of carboxylic acid groups (broad SMARTS) is 1. The summed E-state index contributed by atoms with van der Waals surface area (Å²) in [4.78, 5) is 14.9. The summed E-state index contributed by atoms with van der Waals surface area (Å²) in [6.07, 6.45) is 0.0488. The van der Waals surface area contributed by atoms with E-state index in [1.54, 1.807) is 4.90 Å². The molecule has 2 rings (SSSR count). The van der Waals surface area contributed by atoms with Crippen LogP contribution in [0.5, 0.6) is 0 Å². The fourth-order valence-electron chi connectivity index (χ4n) is 2.82. The Balaban J connectivity index is 1.93. The predicted octanol–water partition coefficient (Wildman–Crippen LogP) is 2.23. The van der Waals surface area contributed by atoms with Crippen LogP contribution in [0.4, 0.5) is 0 Å². The van der Waals surface area contributed by atoms with Gasteiger partial charge in [-0.15, -0.1) is 0 Å². The van der Waals surface area contributed by atoms with Crippen LogP contribution < -0.4 is 0 Å². The predicted molar refractivity (Wildman–Crippen MR) is 89.0 cm³/mol. The maximum atomic E-state index is 10.7. The third kappa shape index (κ3) is 5.05. The summed E-state index contributed by atoms with van der Waals surface area (Å²) >= 11 is 3.52. The molecule has 0 spiro atoms. The fourth-order valence-corrected chi connectivity index (χ4v) is 3.24. The molecule has 1 aliphatic rings. The lowest BCUT2D eigenvalue weighted by Gasteiger charge is -2.38. The van der Waals surface area contributed by atoms with E-state index in [2.05, 4.69) is 46.0 Å². The van der Waals surface area contributed by atoms with Crippen LogP contribution in [-0.4, -0.2) is 66.8 Å². The molecule has 122 valence electrons. The van der Waals surface area contributed by atoms with Crippen LogP contribution in [-0.2, 0) is 9.53 Å². The number of aliphatic carboxylic acids is 1. The monoisotopic (exact) mass is 370 g/mol. The second-order valence-electron chi connectivity index (χ2n) is 5.81. The Bertz CT molecular complexity index is 512. The highest BCUT2D eigenvalue weighted by Crippen LogP contribution is 2.25. The number of ether oxygens (including phenoxy) is 1. The van der Waals surface area contributed by atoms with Gasteiger partial charge in [0.1, 0.15) is 0 Å². The first-order valence-electron chi connectivity index (χ1n) is 7.47. The molecule has 1 aliphatic heterocycles. The van der Waals surface area contributed by atoms with Crippen molar-refractivity contribution in [1.29, 1.82) is 0 Å². The number of rotatable bonds is 6. The number of benzene rings is 1. The second-order valence-corrected chi connectivity index (χ2v) is 6.72. The normalized spacial score (nSPS) is 21.0. The van der Waals surface area contributed by atoms with E-state index < -0.39 is 5.97 Å². The van der Waals surface area contributed by atoms with Crippen molar-refractivity contribution in [2.45, 2.75) is 19.1 Å². The van der Waals surface area contributed by atoms with Crippen molar-refractivity contribution in [2.24, 2.45) is 0 Å². The molecule has 0 amide bonds. The number of morpholine rings is 1. The summed E-state index contributed by atoms with van der Waals surface area (Å²) in [5, 5.41) is 8.83. The molecule has 6 heteroatoms. The van der Waals surface area contributed by atoms with Crippen LogP contribution in [0.2, 0.25) is 0 Å². The number of carbonyl (C=O) groups is 1. The molecule has 0 aromatic heterocycles. The molecule has 1 heterocycles. The highest BCUT2D eigenvalue weighted by molar-refractivity contribution is 9.10. The van der Waals surface area contributed by atoms with Gasteiger partial charge >= 0.3 is 5.97 Å². The number of hydrogen-bond donors (Lipinski definition) is 1. The van der Waals surface area contributed by atoms with Gasteiger partial charge in [0.05, 0.1) is 19.3 Å². The molecule has 22 heavy (non-hydrogen) atoms. The Kier molecular flexibility index (Phi) is 6.37. The summed E-state index contributed by atoms with van der Waals surface area (Å²) in [5.41, 5.74) is 1.27. The number of hydrogen-bond acceptors (Lipinski definition) is 4. The first kappa shape index (κ1) is 17.4. The minimum Gasteiger partial charge on any atom is -0.480 e. The molecule has 1 fully saturated rings. The molecule has 1 aromatic rings. The Labute approximate surface area is 140 Å². The Morgan fingerprint density at radius 1 is 1.59 bits per heavy atom. The quantitative estimate of drug-likeness (QED) is 0.831. The van der Waals surface area contributed by atoms with Crippen LogP contribution in [0, 0.1) is 0 Å². The van der Waals surface area contributed by atoms with Crippen molar-refractivity contribution in [3.8, 4) is 0 Å². The Morgan fingerprint density at radius 3 is 3.05 bits per heavy atom. The van der Waals surface area contributed by atoms with E-state index in [0.29, 0.717) is 19.2 Å². The largest absolute Gasteiger partial charge is 0.480 e. The number of likely N-dealkylation sites (N-methyl/N-ethyl adjacent to an activating group) is 1. The smallest absolute Gasteiger partial charge is 0.317 e. The first-order chi connectivity index (χ1) is 10.5. The highest BCUT2D eigenvalue weighted by atomic mass is 79.9. The van der Waals surface area contributed by atoms with Gasteiger partial charge in [-0.2, -0.15) is 0 Å². The minimum atomic E-state index is -0.808. The van der Waals surface area contributed by atoms with Gasteiger partial charge in [0.25, 0.3) is 0 Å². The lowest BCUT2D eigenvalue weighted by Crippen LogP contribution is -2.48. The molecule has 2 atom stereocenters. The van der Waals surface area contributed by atoms with Gasteiger partial charge in [-0.05, 0) is 31.7 Å². The molecule has 0 radical (unpaired) electrons. The van der Waals surface area contributed by atoms with Crippen molar-refractivity contribution in [1.82, 2.24) is 9.80 Å². The van der Waals surface area contributed by atoms with E-state index in [1.165, 1.54) is 5.56 Å². The fraction of sp³-hybridized carbons (Fsp3) is 0.562. The molecule has 1 aromatic carbocycles. The molecular weight excluding hydrogens is 348 g/mol. The molecule has 1 saturated heterocycles. The van der Waals surface area contributed by atoms with Crippen LogP contribution in [0.15, 0.2) is 28.7 Å². The topological polar surface area (TPSA) is 53.0 Å². The van der Waals surface area contributed by atoms with E-state index in [0.717, 1.165) is 17.6 Å². The lowest BCUT2D eigenvalue weighted by molar-refractivity contribution is -0.138. The maximum Gasteiger partial charge on any atom is 0.317 e. The molecular formula is C16H23BrN2O3. The lowest BCUT2D eigenvalue weighted by atomic mass is 10.1. The van der Waals surface area contributed by atoms with Crippen molar-refractivity contribution in [2.75, 3.05) is 39.8 Å². The molecule has 1 N–H and O–H groups in total. The summed E-state index contributed by atoms with van der Waals surface area (Å²) in [7, 11) is 1.81. The van der Waals surface area contributed by atoms with Crippen LogP contribution in [0.25, 0.3) is 0 Å². The third-order valence-corrected chi connectivity index (χ3v) is 4.46. The van der Waals surface area contributed by atoms with E-state index >= 15 is 0 Å². The zero-order valence-electron chi connectivity index (χ0n) is 13.0. The van der Waals surface area contributed by atoms with Gasteiger partial charge in [0.15, 0.2) is 0 Å². The zero-order chi connectivity index (χ0) is 16.1. The minimum absolute atomic E-state index is 0.0427. The van der Waals surface area contributed by atoms with Gasteiger partial charge in [-0.25, -0.2) is 0 Å². The van der Waals surface area contributed by atoms with Gasteiger partial charge in [-0.3, -0.25) is 14.6 Å².